The Morgan fingerprint density at radius 2 is 1.83 bits per heavy atom. The molecular formula is C20H11F2N5O2S. The van der Waals surface area contributed by atoms with Crippen LogP contribution in [0.25, 0.3) is 16.6 Å². The third-order valence-electron chi connectivity index (χ3n) is 4.20. The second kappa shape index (κ2) is 7.88. The van der Waals surface area contributed by atoms with E-state index in [0.29, 0.717) is 16.4 Å². The molecule has 0 saturated carbocycles. The molecule has 2 heterocycles. The average Bonchev–Trinajstić information content (AvgIpc) is 2.77. The lowest BCUT2D eigenvalue weighted by Gasteiger charge is -2.10. The number of fused-ring (bicyclic) bond motifs is 1. The van der Waals surface area contributed by atoms with Crippen molar-refractivity contribution in [1.29, 1.82) is 5.26 Å². The van der Waals surface area contributed by atoms with Crippen LogP contribution in [0.15, 0.2) is 59.0 Å². The van der Waals surface area contributed by atoms with Gasteiger partial charge in [0, 0.05) is 0 Å². The largest absolute Gasteiger partial charge is 0.453 e. The molecule has 0 unspecified atom stereocenters. The molecule has 0 amide bonds. The van der Waals surface area contributed by atoms with Crippen LogP contribution in [0.4, 0.5) is 8.78 Å². The van der Waals surface area contributed by atoms with Crippen molar-refractivity contribution in [3.63, 3.8) is 0 Å². The molecule has 148 valence electrons. The van der Waals surface area contributed by atoms with Crippen molar-refractivity contribution in [1.82, 2.24) is 19.5 Å². The van der Waals surface area contributed by atoms with Crippen molar-refractivity contribution in [3.8, 4) is 23.3 Å². The van der Waals surface area contributed by atoms with Gasteiger partial charge < -0.3 is 4.74 Å². The normalized spacial score (nSPS) is 10.7. The number of rotatable bonds is 4. The number of hydrogen-bond donors (Lipinski definition) is 0. The highest BCUT2D eigenvalue weighted by molar-refractivity contribution is 7.98. The van der Waals surface area contributed by atoms with Gasteiger partial charge in [-0.3, -0.25) is 9.36 Å². The second-order valence-corrected chi connectivity index (χ2v) is 6.75. The number of benzene rings is 2. The molecule has 7 nitrogen and oxygen atoms in total. The van der Waals surface area contributed by atoms with Gasteiger partial charge in [0.1, 0.15) is 29.5 Å². The molecule has 0 aliphatic heterocycles. The van der Waals surface area contributed by atoms with Crippen molar-refractivity contribution in [2.75, 3.05) is 6.26 Å². The molecule has 0 spiro atoms. The van der Waals surface area contributed by atoms with Crippen LogP contribution in [-0.4, -0.2) is 25.8 Å². The summed E-state index contributed by atoms with van der Waals surface area (Å²) in [6.45, 7) is 0. The first-order valence-electron chi connectivity index (χ1n) is 8.45. The van der Waals surface area contributed by atoms with Crippen LogP contribution in [0.5, 0.6) is 11.5 Å². The number of nitriles is 1. The van der Waals surface area contributed by atoms with Crippen molar-refractivity contribution >= 4 is 22.7 Å². The van der Waals surface area contributed by atoms with Gasteiger partial charge in [-0.2, -0.15) is 5.26 Å². The van der Waals surface area contributed by atoms with Crippen molar-refractivity contribution in [3.05, 3.63) is 76.6 Å². The minimum Gasteiger partial charge on any atom is -0.453 e. The zero-order chi connectivity index (χ0) is 21.3. The van der Waals surface area contributed by atoms with Crippen LogP contribution in [0.1, 0.15) is 5.56 Å². The van der Waals surface area contributed by atoms with Crippen LogP contribution in [0, 0.1) is 23.0 Å². The van der Waals surface area contributed by atoms with Crippen LogP contribution in [0.3, 0.4) is 0 Å². The van der Waals surface area contributed by atoms with Gasteiger partial charge in [-0.15, -0.1) is 0 Å². The molecule has 0 N–H and O–H groups in total. The zero-order valence-electron chi connectivity index (χ0n) is 15.3. The van der Waals surface area contributed by atoms with E-state index in [1.54, 1.807) is 6.07 Å². The number of aromatic nitrogens is 4. The van der Waals surface area contributed by atoms with E-state index in [1.165, 1.54) is 53.2 Å². The number of thioether (sulfide) groups is 1. The van der Waals surface area contributed by atoms with Gasteiger partial charge in [-0.05, 0) is 36.6 Å². The first-order chi connectivity index (χ1) is 14.5. The topological polar surface area (TPSA) is 93.7 Å². The van der Waals surface area contributed by atoms with E-state index < -0.39 is 28.5 Å². The van der Waals surface area contributed by atoms with E-state index in [-0.39, 0.29) is 11.1 Å². The highest BCUT2D eigenvalue weighted by atomic mass is 32.2. The number of nitrogens with zero attached hydrogens (tertiary/aromatic N) is 5. The fourth-order valence-corrected chi connectivity index (χ4v) is 3.06. The molecule has 0 aliphatic rings. The summed E-state index contributed by atoms with van der Waals surface area (Å²) in [5.41, 5.74) is -0.192. The van der Waals surface area contributed by atoms with Gasteiger partial charge >= 0.3 is 0 Å². The van der Waals surface area contributed by atoms with Gasteiger partial charge in [0.25, 0.3) is 5.56 Å². The highest BCUT2D eigenvalue weighted by Crippen LogP contribution is 2.30. The quantitative estimate of drug-likeness (QED) is 0.364. The molecule has 0 saturated heterocycles. The Labute approximate surface area is 172 Å². The monoisotopic (exact) mass is 423 g/mol. The Morgan fingerprint density at radius 1 is 1.10 bits per heavy atom. The van der Waals surface area contributed by atoms with Gasteiger partial charge in [0.2, 0.25) is 0 Å². The molecule has 2 aromatic heterocycles. The van der Waals surface area contributed by atoms with Gasteiger partial charge in [-0.1, -0.05) is 11.8 Å². The predicted octanol–water partition coefficient (Wildman–Crippen LogP) is 3.84. The Balaban J connectivity index is 1.79. The average molecular weight is 423 g/mol. The summed E-state index contributed by atoms with van der Waals surface area (Å²) in [4.78, 5) is 25.5. The van der Waals surface area contributed by atoms with E-state index in [2.05, 4.69) is 15.0 Å². The summed E-state index contributed by atoms with van der Waals surface area (Å²) in [7, 11) is 0. The van der Waals surface area contributed by atoms with Crippen LogP contribution in [-0.2, 0) is 0 Å². The molecule has 0 bridgehead atoms. The van der Waals surface area contributed by atoms with E-state index >= 15 is 0 Å². The molecule has 10 heteroatoms. The van der Waals surface area contributed by atoms with Crippen LogP contribution in [0.2, 0.25) is 0 Å². The summed E-state index contributed by atoms with van der Waals surface area (Å²) in [5.74, 6) is -2.31. The van der Waals surface area contributed by atoms with Crippen molar-refractivity contribution in [2.24, 2.45) is 0 Å². The Kier molecular flexibility index (Phi) is 5.12. The predicted molar refractivity (Wildman–Crippen MR) is 106 cm³/mol. The molecule has 0 aliphatic carbocycles. The van der Waals surface area contributed by atoms with E-state index in [1.807, 2.05) is 6.26 Å². The fraction of sp³-hybridized carbons (Fsp3) is 0.0500. The molecule has 0 atom stereocenters. The number of ether oxygens (including phenoxy) is 1. The Morgan fingerprint density at radius 3 is 2.53 bits per heavy atom. The summed E-state index contributed by atoms with van der Waals surface area (Å²) in [6, 6.07) is 7.58. The summed E-state index contributed by atoms with van der Waals surface area (Å²) in [6.07, 6.45) is 6.17. The van der Waals surface area contributed by atoms with Gasteiger partial charge in [0.05, 0.1) is 29.0 Å². The molecule has 0 fully saturated rings. The first kappa shape index (κ1) is 19.5. The van der Waals surface area contributed by atoms with Gasteiger partial charge in [0.15, 0.2) is 16.7 Å². The fourth-order valence-electron chi connectivity index (χ4n) is 2.74. The number of halogens is 2. The van der Waals surface area contributed by atoms with Crippen molar-refractivity contribution in [2.45, 2.75) is 5.16 Å². The maximum absolute atomic E-state index is 14.1. The summed E-state index contributed by atoms with van der Waals surface area (Å²) in [5, 5.41) is 9.84. The second-order valence-electron chi connectivity index (χ2n) is 5.97. The number of hydrogen-bond acceptors (Lipinski definition) is 7. The zero-order valence-corrected chi connectivity index (χ0v) is 16.2. The lowest BCUT2D eigenvalue weighted by atomic mass is 10.2. The molecular weight excluding hydrogens is 412 g/mol. The van der Waals surface area contributed by atoms with Crippen LogP contribution < -0.4 is 10.3 Å². The molecule has 4 rings (SSSR count). The van der Waals surface area contributed by atoms with Crippen molar-refractivity contribution < 1.29 is 13.5 Å². The van der Waals surface area contributed by atoms with Crippen LogP contribution >= 0.6 is 11.8 Å². The third-order valence-corrected chi connectivity index (χ3v) is 4.77. The van der Waals surface area contributed by atoms with E-state index in [9.17, 15) is 13.6 Å². The molecule has 0 radical (unpaired) electrons. The lowest BCUT2D eigenvalue weighted by molar-refractivity contribution is 0.435. The third kappa shape index (κ3) is 3.46. The summed E-state index contributed by atoms with van der Waals surface area (Å²) < 4.78 is 34.6. The maximum Gasteiger partial charge on any atom is 0.266 e. The highest BCUT2D eigenvalue weighted by Gasteiger charge is 2.17. The Hall–Kier alpha value is -3.84. The smallest absolute Gasteiger partial charge is 0.266 e. The Bertz CT molecular complexity index is 1370. The molecule has 30 heavy (non-hydrogen) atoms. The first-order valence-corrected chi connectivity index (χ1v) is 9.68. The molecule has 4 aromatic rings. The lowest BCUT2D eigenvalue weighted by Crippen LogP contribution is -2.19. The SMILES string of the molecule is CSc1ncc(-n2cnc3ccc(Oc4c(F)ccc(F)c4C#N)cc3c2=O)cn1. The maximum atomic E-state index is 14.1. The minimum absolute atomic E-state index is 0.0501. The van der Waals surface area contributed by atoms with E-state index in [0.717, 1.165) is 12.1 Å². The van der Waals surface area contributed by atoms with E-state index in [4.69, 9.17) is 10.00 Å². The summed E-state index contributed by atoms with van der Waals surface area (Å²) >= 11 is 1.37. The van der Waals surface area contributed by atoms with Gasteiger partial charge in [-0.25, -0.2) is 23.7 Å². The minimum atomic E-state index is -0.910. The standard InChI is InChI=1S/C20H11F2N5O2S/c1-30-20-24-8-11(9-25-20)27-10-26-17-5-2-12(6-13(17)19(27)28)29-18-14(7-23)15(21)3-4-16(18)22/h2-6,8-10H,1H3. The molecule has 2 aromatic carbocycles.